The fraction of sp³-hybridized carbons (Fsp3) is 0.581. The molecular weight excluding hydrogens is 540 g/mol. The van der Waals surface area contributed by atoms with Gasteiger partial charge in [0.1, 0.15) is 11.6 Å². The molecule has 0 radical (unpaired) electrons. The maximum Gasteiger partial charge on any atom is 0.296 e. The number of alkyl halides is 2. The molecule has 1 saturated heterocycles. The molecule has 2 aromatic heterocycles. The number of aliphatic hydroxyl groups is 1. The van der Waals surface area contributed by atoms with Crippen LogP contribution in [0.15, 0.2) is 42.2 Å². The van der Waals surface area contributed by atoms with E-state index in [0.717, 1.165) is 56.8 Å². The van der Waals surface area contributed by atoms with E-state index >= 15 is 0 Å². The summed E-state index contributed by atoms with van der Waals surface area (Å²) in [5, 5.41) is 12.9. The van der Waals surface area contributed by atoms with Crippen LogP contribution in [0, 0.1) is 11.8 Å². The van der Waals surface area contributed by atoms with Crippen LogP contribution in [0.3, 0.4) is 0 Å². The minimum absolute atomic E-state index is 0.325. The Balaban J connectivity index is 1.19. The Morgan fingerprint density at radius 1 is 1.05 bits per heavy atom. The normalized spacial score (nSPS) is 21.9. The second-order valence-electron chi connectivity index (χ2n) is 12.0. The van der Waals surface area contributed by atoms with Gasteiger partial charge in [-0.3, -0.25) is 9.47 Å². The number of fused-ring (bicyclic) bond motifs is 1. The average Bonchev–Trinajstić information content (AvgIpc) is 3.76. The Morgan fingerprint density at radius 3 is 2.48 bits per heavy atom. The van der Waals surface area contributed by atoms with Gasteiger partial charge in [0.05, 0.1) is 30.5 Å². The number of hydrogen-bond donors (Lipinski definition) is 2. The molecule has 2 N–H and O–H groups in total. The average molecular weight is 582 g/mol. The number of nitrogens with one attached hydrogen (secondary N) is 1. The van der Waals surface area contributed by atoms with E-state index in [4.69, 9.17) is 14.7 Å². The molecule has 2 saturated carbocycles. The highest BCUT2D eigenvalue weighted by Gasteiger charge is 2.31. The third-order valence-corrected chi connectivity index (χ3v) is 8.79. The van der Waals surface area contributed by atoms with Crippen molar-refractivity contribution < 1.29 is 18.6 Å². The zero-order valence-electron chi connectivity index (χ0n) is 24.3. The van der Waals surface area contributed by atoms with Crippen LogP contribution >= 0.6 is 0 Å². The lowest BCUT2D eigenvalue weighted by Crippen LogP contribution is -2.41. The monoisotopic (exact) mass is 581 g/mol. The number of aliphatic hydroxyl groups excluding tert-OH is 1. The van der Waals surface area contributed by atoms with Gasteiger partial charge in [-0.1, -0.05) is 12.1 Å². The first-order valence-corrected chi connectivity index (χ1v) is 15.2. The summed E-state index contributed by atoms with van der Waals surface area (Å²) in [4.78, 5) is 18.5. The van der Waals surface area contributed by atoms with Gasteiger partial charge >= 0.3 is 0 Å². The molecule has 1 aliphatic heterocycles. The van der Waals surface area contributed by atoms with Crippen LogP contribution in [0.5, 0.6) is 0 Å². The predicted octanol–water partition coefficient (Wildman–Crippen LogP) is 5.73. The topological polar surface area (TPSA) is 91.6 Å². The summed E-state index contributed by atoms with van der Waals surface area (Å²) >= 11 is 0. The summed E-state index contributed by atoms with van der Waals surface area (Å²) in [6, 6.07) is 9.46. The second-order valence-corrected chi connectivity index (χ2v) is 12.0. The Kier molecular flexibility index (Phi) is 8.85. The number of imidazole rings is 1. The SMILES string of the molecule is C/C(=C\O)CN(CC1CC1)C1CCC(CNc2nc(N3CCOCC3)cc(-n3c(C(F)F)nc4ccccc43)n2)CC1. The number of para-hydroxylation sites is 2. The van der Waals surface area contributed by atoms with Crippen LogP contribution in [0.2, 0.25) is 0 Å². The molecular formula is C31H41F2N7O2. The van der Waals surface area contributed by atoms with E-state index in [9.17, 15) is 13.9 Å². The van der Waals surface area contributed by atoms with E-state index in [1.807, 2.05) is 13.0 Å². The Hall–Kier alpha value is -3.31. The predicted molar refractivity (Wildman–Crippen MR) is 160 cm³/mol. The second kappa shape index (κ2) is 12.9. The molecule has 226 valence electrons. The van der Waals surface area contributed by atoms with Gasteiger partial charge in [-0.2, -0.15) is 9.97 Å². The van der Waals surface area contributed by atoms with Gasteiger partial charge in [0, 0.05) is 44.8 Å². The molecule has 0 spiro atoms. The van der Waals surface area contributed by atoms with Crippen LogP contribution in [-0.4, -0.2) is 81.5 Å². The van der Waals surface area contributed by atoms with Crippen LogP contribution in [-0.2, 0) is 4.74 Å². The van der Waals surface area contributed by atoms with Crippen molar-refractivity contribution >= 4 is 22.8 Å². The van der Waals surface area contributed by atoms with Crippen molar-refractivity contribution in [2.75, 3.05) is 56.2 Å². The van der Waals surface area contributed by atoms with Crippen molar-refractivity contribution in [1.29, 1.82) is 0 Å². The molecule has 3 heterocycles. The van der Waals surface area contributed by atoms with Crippen molar-refractivity contribution in [2.24, 2.45) is 11.8 Å². The smallest absolute Gasteiger partial charge is 0.296 e. The van der Waals surface area contributed by atoms with Crippen molar-refractivity contribution in [3.63, 3.8) is 0 Å². The summed E-state index contributed by atoms with van der Waals surface area (Å²) < 4.78 is 35.3. The van der Waals surface area contributed by atoms with Gasteiger partial charge in [0.25, 0.3) is 6.43 Å². The van der Waals surface area contributed by atoms with E-state index < -0.39 is 6.43 Å². The van der Waals surface area contributed by atoms with Gasteiger partial charge < -0.3 is 20.1 Å². The molecule has 3 fully saturated rings. The summed E-state index contributed by atoms with van der Waals surface area (Å²) in [7, 11) is 0. The largest absolute Gasteiger partial charge is 0.516 e. The van der Waals surface area contributed by atoms with Crippen molar-refractivity contribution in [2.45, 2.75) is 57.9 Å². The van der Waals surface area contributed by atoms with Crippen molar-refractivity contribution in [3.05, 3.63) is 48.0 Å². The highest BCUT2D eigenvalue weighted by atomic mass is 19.3. The zero-order chi connectivity index (χ0) is 29.1. The summed E-state index contributed by atoms with van der Waals surface area (Å²) in [6.45, 7) is 7.19. The number of ether oxygens (including phenoxy) is 1. The van der Waals surface area contributed by atoms with Crippen molar-refractivity contribution in [1.82, 2.24) is 24.4 Å². The molecule has 0 bridgehead atoms. The zero-order valence-corrected chi connectivity index (χ0v) is 24.3. The van der Waals surface area contributed by atoms with Crippen LogP contribution in [0.1, 0.15) is 57.7 Å². The Labute approximate surface area is 245 Å². The number of morpholine rings is 1. The van der Waals surface area contributed by atoms with Gasteiger partial charge in [0.2, 0.25) is 5.95 Å². The number of aromatic nitrogens is 4. The van der Waals surface area contributed by atoms with E-state index in [-0.39, 0.29) is 5.82 Å². The third-order valence-electron chi connectivity index (χ3n) is 8.79. The molecule has 6 rings (SSSR count). The molecule has 0 atom stereocenters. The van der Waals surface area contributed by atoms with Crippen LogP contribution < -0.4 is 10.2 Å². The lowest BCUT2D eigenvalue weighted by molar-refractivity contribution is 0.122. The Morgan fingerprint density at radius 2 is 1.76 bits per heavy atom. The molecule has 3 aromatic rings. The maximum atomic E-state index is 14.2. The van der Waals surface area contributed by atoms with Crippen LogP contribution in [0.4, 0.5) is 20.5 Å². The van der Waals surface area contributed by atoms with Gasteiger partial charge in [-0.15, -0.1) is 0 Å². The van der Waals surface area contributed by atoms with E-state index in [1.54, 1.807) is 24.3 Å². The van der Waals surface area contributed by atoms with E-state index in [2.05, 4.69) is 20.1 Å². The molecule has 9 nitrogen and oxygen atoms in total. The van der Waals surface area contributed by atoms with E-state index in [1.165, 1.54) is 23.7 Å². The first-order chi connectivity index (χ1) is 20.5. The quantitative estimate of drug-likeness (QED) is 0.277. The highest BCUT2D eigenvalue weighted by Crippen LogP contribution is 2.35. The summed E-state index contributed by atoms with van der Waals surface area (Å²) in [5.41, 5.74) is 2.10. The number of benzene rings is 1. The molecule has 11 heteroatoms. The fourth-order valence-corrected chi connectivity index (χ4v) is 6.29. The number of anilines is 2. The highest BCUT2D eigenvalue weighted by molar-refractivity contribution is 5.78. The first kappa shape index (κ1) is 28.8. The van der Waals surface area contributed by atoms with Crippen LogP contribution in [0.25, 0.3) is 16.9 Å². The number of nitrogens with zero attached hydrogens (tertiary/aromatic N) is 6. The summed E-state index contributed by atoms with van der Waals surface area (Å²) in [5.74, 6) is 2.46. The molecule has 0 unspecified atom stereocenters. The fourth-order valence-electron chi connectivity index (χ4n) is 6.29. The number of hydrogen-bond acceptors (Lipinski definition) is 8. The Bertz CT molecular complexity index is 1380. The van der Waals surface area contributed by atoms with E-state index in [0.29, 0.717) is 66.9 Å². The maximum absolute atomic E-state index is 14.2. The minimum atomic E-state index is -2.75. The molecule has 0 amide bonds. The molecule has 3 aliphatic rings. The first-order valence-electron chi connectivity index (χ1n) is 15.2. The standard InChI is InChI=1S/C31H41F2N7O2/c1-21(20-41)18-39(19-23-6-7-23)24-10-8-22(9-11-24)17-34-31-36-27(38-12-14-42-15-13-38)16-28(37-31)40-26-5-3-2-4-25(26)35-30(40)29(32)33/h2-5,16,20,22-24,29,41H,6-15,17-19H2,1H3,(H,34,36,37)/b21-20+. The third kappa shape index (κ3) is 6.67. The van der Waals surface area contributed by atoms with Gasteiger partial charge in [-0.25, -0.2) is 13.8 Å². The molecule has 42 heavy (non-hydrogen) atoms. The van der Waals surface area contributed by atoms with Crippen molar-refractivity contribution in [3.8, 4) is 5.82 Å². The van der Waals surface area contributed by atoms with Gasteiger partial charge in [-0.05, 0) is 75.0 Å². The minimum Gasteiger partial charge on any atom is -0.516 e. The van der Waals surface area contributed by atoms with Gasteiger partial charge in [0.15, 0.2) is 5.82 Å². The lowest BCUT2D eigenvalue weighted by Gasteiger charge is -2.37. The number of halogens is 2. The molecule has 2 aliphatic carbocycles. The molecule has 1 aromatic carbocycles. The lowest BCUT2D eigenvalue weighted by atomic mass is 9.85. The number of rotatable bonds is 11. The summed E-state index contributed by atoms with van der Waals surface area (Å²) in [6.07, 6.45) is 5.56.